The summed E-state index contributed by atoms with van der Waals surface area (Å²) in [6, 6.07) is 0.0800. The molecule has 1 N–H and O–H groups in total. The molecule has 5 heteroatoms. The SMILES string of the molecule is CC(C)CC(=O)N1CCC[C@@H]1c1ncc2c(n1)CCNC2. The van der Waals surface area contributed by atoms with Crippen LogP contribution in [0.2, 0.25) is 0 Å². The van der Waals surface area contributed by atoms with Gasteiger partial charge in [0.15, 0.2) is 5.82 Å². The maximum atomic E-state index is 12.4. The molecule has 1 aromatic rings. The summed E-state index contributed by atoms with van der Waals surface area (Å²) in [5.74, 6) is 1.48. The lowest BCUT2D eigenvalue weighted by atomic mass is 10.1. The largest absolute Gasteiger partial charge is 0.332 e. The molecule has 21 heavy (non-hydrogen) atoms. The van der Waals surface area contributed by atoms with Crippen LogP contribution in [0.4, 0.5) is 0 Å². The van der Waals surface area contributed by atoms with E-state index in [1.165, 1.54) is 5.56 Å². The second kappa shape index (κ2) is 6.10. The summed E-state index contributed by atoms with van der Waals surface area (Å²) < 4.78 is 0. The lowest BCUT2D eigenvalue weighted by Gasteiger charge is -2.25. The minimum absolute atomic E-state index is 0.0800. The van der Waals surface area contributed by atoms with Gasteiger partial charge in [0.25, 0.3) is 0 Å². The molecule has 0 unspecified atom stereocenters. The first kappa shape index (κ1) is 14.4. The van der Waals surface area contributed by atoms with Gasteiger partial charge < -0.3 is 10.2 Å². The van der Waals surface area contributed by atoms with Gasteiger partial charge in [-0.1, -0.05) is 13.8 Å². The van der Waals surface area contributed by atoms with Crippen molar-refractivity contribution in [1.82, 2.24) is 20.2 Å². The number of amides is 1. The fraction of sp³-hybridized carbons (Fsp3) is 0.688. The first-order valence-corrected chi connectivity index (χ1v) is 8.00. The molecule has 2 aliphatic rings. The van der Waals surface area contributed by atoms with Crippen molar-refractivity contribution in [3.8, 4) is 0 Å². The normalized spacial score (nSPS) is 21.7. The van der Waals surface area contributed by atoms with Crippen LogP contribution in [0.15, 0.2) is 6.20 Å². The smallest absolute Gasteiger partial charge is 0.223 e. The number of fused-ring (bicyclic) bond motifs is 1. The molecule has 0 bridgehead atoms. The van der Waals surface area contributed by atoms with Crippen molar-refractivity contribution in [2.75, 3.05) is 13.1 Å². The number of hydrogen-bond donors (Lipinski definition) is 1. The molecule has 5 nitrogen and oxygen atoms in total. The first-order chi connectivity index (χ1) is 10.1. The van der Waals surface area contributed by atoms with Gasteiger partial charge in [-0.3, -0.25) is 4.79 Å². The molecule has 2 aliphatic heterocycles. The molecule has 1 aromatic heterocycles. The van der Waals surface area contributed by atoms with Crippen LogP contribution < -0.4 is 5.32 Å². The highest BCUT2D eigenvalue weighted by atomic mass is 16.2. The van der Waals surface area contributed by atoms with E-state index in [1.54, 1.807) is 0 Å². The summed E-state index contributed by atoms with van der Waals surface area (Å²) in [5, 5.41) is 3.33. The quantitative estimate of drug-likeness (QED) is 0.922. The predicted octanol–water partition coefficient (Wildman–Crippen LogP) is 1.83. The highest BCUT2D eigenvalue weighted by Gasteiger charge is 2.32. The van der Waals surface area contributed by atoms with Crippen molar-refractivity contribution in [1.29, 1.82) is 0 Å². The molecule has 1 atom stereocenters. The van der Waals surface area contributed by atoms with Crippen LogP contribution in [-0.4, -0.2) is 33.9 Å². The fourth-order valence-corrected chi connectivity index (χ4v) is 3.21. The first-order valence-electron chi connectivity index (χ1n) is 8.00. The van der Waals surface area contributed by atoms with E-state index in [4.69, 9.17) is 4.98 Å². The van der Waals surface area contributed by atoms with E-state index < -0.39 is 0 Å². The van der Waals surface area contributed by atoms with Gasteiger partial charge in [0.1, 0.15) is 0 Å². The third-order valence-corrected chi connectivity index (χ3v) is 4.28. The van der Waals surface area contributed by atoms with Gasteiger partial charge in [0.2, 0.25) is 5.91 Å². The van der Waals surface area contributed by atoms with E-state index in [0.717, 1.165) is 50.4 Å². The van der Waals surface area contributed by atoms with E-state index in [-0.39, 0.29) is 11.9 Å². The summed E-state index contributed by atoms with van der Waals surface area (Å²) in [5.41, 5.74) is 2.35. The zero-order valence-corrected chi connectivity index (χ0v) is 12.9. The number of carbonyl (C=O) groups excluding carboxylic acids is 1. The molecule has 0 saturated carbocycles. The Morgan fingerprint density at radius 1 is 1.52 bits per heavy atom. The molecule has 0 aliphatic carbocycles. The Kier molecular flexibility index (Phi) is 4.19. The minimum Gasteiger partial charge on any atom is -0.332 e. The number of rotatable bonds is 3. The minimum atomic E-state index is 0.0800. The van der Waals surface area contributed by atoms with Crippen molar-refractivity contribution >= 4 is 5.91 Å². The van der Waals surface area contributed by atoms with Gasteiger partial charge >= 0.3 is 0 Å². The Balaban J connectivity index is 1.80. The monoisotopic (exact) mass is 288 g/mol. The summed E-state index contributed by atoms with van der Waals surface area (Å²) in [7, 11) is 0. The molecule has 0 spiro atoms. The topological polar surface area (TPSA) is 58.1 Å². The highest BCUT2D eigenvalue weighted by Crippen LogP contribution is 2.31. The predicted molar refractivity (Wildman–Crippen MR) is 80.6 cm³/mol. The summed E-state index contributed by atoms with van der Waals surface area (Å²) >= 11 is 0. The van der Waals surface area contributed by atoms with Crippen LogP contribution in [-0.2, 0) is 17.8 Å². The van der Waals surface area contributed by atoms with E-state index in [9.17, 15) is 4.79 Å². The third-order valence-electron chi connectivity index (χ3n) is 4.28. The molecule has 3 heterocycles. The average Bonchev–Trinajstić information content (AvgIpc) is 2.95. The van der Waals surface area contributed by atoms with Crippen molar-refractivity contribution in [3.63, 3.8) is 0 Å². The molecule has 0 radical (unpaired) electrons. The summed E-state index contributed by atoms with van der Waals surface area (Å²) in [4.78, 5) is 23.7. The van der Waals surface area contributed by atoms with Crippen LogP contribution in [0, 0.1) is 5.92 Å². The fourth-order valence-electron chi connectivity index (χ4n) is 3.21. The van der Waals surface area contributed by atoms with Crippen LogP contribution >= 0.6 is 0 Å². The van der Waals surface area contributed by atoms with Crippen molar-refractivity contribution < 1.29 is 4.79 Å². The van der Waals surface area contributed by atoms with E-state index in [1.807, 2.05) is 11.1 Å². The van der Waals surface area contributed by atoms with Gasteiger partial charge in [-0.15, -0.1) is 0 Å². The maximum Gasteiger partial charge on any atom is 0.223 e. The number of nitrogens with zero attached hydrogens (tertiary/aromatic N) is 3. The van der Waals surface area contributed by atoms with Crippen LogP contribution in [0.1, 0.15) is 56.2 Å². The maximum absolute atomic E-state index is 12.4. The second-order valence-corrected chi connectivity index (χ2v) is 6.47. The molecule has 114 valence electrons. The van der Waals surface area contributed by atoms with Crippen molar-refractivity contribution in [3.05, 3.63) is 23.3 Å². The highest BCUT2D eigenvalue weighted by molar-refractivity contribution is 5.77. The van der Waals surface area contributed by atoms with Crippen LogP contribution in [0.25, 0.3) is 0 Å². The van der Waals surface area contributed by atoms with Crippen LogP contribution in [0.3, 0.4) is 0 Å². The van der Waals surface area contributed by atoms with Gasteiger partial charge in [-0.2, -0.15) is 0 Å². The Bertz CT molecular complexity index is 529. The number of hydrogen-bond acceptors (Lipinski definition) is 4. The van der Waals surface area contributed by atoms with Gasteiger partial charge in [-0.25, -0.2) is 9.97 Å². The standard InChI is InChI=1S/C16H24N4O/c1-11(2)8-15(21)20-7-3-4-14(20)16-18-10-12-9-17-6-5-13(12)19-16/h10-11,14,17H,3-9H2,1-2H3/t14-/m1/s1. The van der Waals surface area contributed by atoms with E-state index in [0.29, 0.717) is 12.3 Å². The molecular weight excluding hydrogens is 264 g/mol. The number of carbonyl (C=O) groups is 1. The molecule has 1 saturated heterocycles. The molecule has 1 fully saturated rings. The van der Waals surface area contributed by atoms with Crippen LogP contribution in [0.5, 0.6) is 0 Å². The van der Waals surface area contributed by atoms with Crippen molar-refractivity contribution in [2.24, 2.45) is 5.92 Å². The summed E-state index contributed by atoms with van der Waals surface area (Å²) in [6.45, 7) is 6.86. The Labute approximate surface area is 126 Å². The zero-order valence-electron chi connectivity index (χ0n) is 12.9. The van der Waals surface area contributed by atoms with Gasteiger partial charge in [-0.05, 0) is 18.8 Å². The number of nitrogens with one attached hydrogen (secondary N) is 1. The Morgan fingerprint density at radius 2 is 2.38 bits per heavy atom. The molecule has 0 aromatic carbocycles. The Morgan fingerprint density at radius 3 is 3.19 bits per heavy atom. The lowest BCUT2D eigenvalue weighted by Crippen LogP contribution is -2.33. The average molecular weight is 288 g/mol. The van der Waals surface area contributed by atoms with E-state index >= 15 is 0 Å². The molecule has 3 rings (SSSR count). The second-order valence-electron chi connectivity index (χ2n) is 6.47. The molecule has 1 amide bonds. The lowest BCUT2D eigenvalue weighted by molar-refractivity contribution is -0.133. The zero-order chi connectivity index (χ0) is 14.8. The third kappa shape index (κ3) is 3.07. The number of likely N-dealkylation sites (tertiary alicyclic amines) is 1. The Hall–Kier alpha value is -1.49. The molecular formula is C16H24N4O. The van der Waals surface area contributed by atoms with E-state index in [2.05, 4.69) is 24.1 Å². The van der Waals surface area contributed by atoms with Gasteiger partial charge in [0.05, 0.1) is 6.04 Å². The van der Waals surface area contributed by atoms with Crippen molar-refractivity contribution in [2.45, 2.75) is 52.1 Å². The number of aromatic nitrogens is 2. The van der Waals surface area contributed by atoms with Gasteiger partial charge in [0, 0.05) is 49.9 Å². The summed E-state index contributed by atoms with van der Waals surface area (Å²) in [6.07, 6.45) is 5.55.